The second-order valence-electron chi connectivity index (χ2n) is 5.45. The number of rotatable bonds is 7. The second-order valence-corrected chi connectivity index (χ2v) is 7.39. The standard InChI is InChI=1S/C17H19NO7S/c19-17(16-2-1-9-24-16)25-13-12-23-14-3-5-15(6-4-14)26(20,21)18-7-10-22-11-8-18/h1-6,9H,7-8,10-13H2. The number of carbonyl (C=O) groups is 1. The molecule has 0 saturated carbocycles. The predicted molar refractivity (Wildman–Crippen MR) is 90.5 cm³/mol. The van der Waals surface area contributed by atoms with Crippen LogP contribution in [0.1, 0.15) is 10.6 Å². The predicted octanol–water partition coefficient (Wildman–Crippen LogP) is 1.54. The van der Waals surface area contributed by atoms with Crippen LogP contribution in [0.5, 0.6) is 5.75 Å². The highest BCUT2D eigenvalue weighted by Crippen LogP contribution is 2.20. The van der Waals surface area contributed by atoms with E-state index < -0.39 is 16.0 Å². The number of carbonyl (C=O) groups excluding carboxylic acids is 1. The van der Waals surface area contributed by atoms with Gasteiger partial charge in [-0.3, -0.25) is 0 Å². The van der Waals surface area contributed by atoms with Crippen LogP contribution in [0.2, 0.25) is 0 Å². The topological polar surface area (TPSA) is 95.3 Å². The molecule has 0 bridgehead atoms. The minimum absolute atomic E-state index is 0.0490. The molecule has 0 aliphatic carbocycles. The van der Waals surface area contributed by atoms with E-state index in [2.05, 4.69) is 0 Å². The summed E-state index contributed by atoms with van der Waals surface area (Å²) in [7, 11) is -3.52. The molecule has 140 valence electrons. The van der Waals surface area contributed by atoms with E-state index in [1.807, 2.05) is 0 Å². The average Bonchev–Trinajstić information content (AvgIpc) is 3.21. The zero-order valence-electron chi connectivity index (χ0n) is 14.0. The van der Waals surface area contributed by atoms with Gasteiger partial charge in [0.25, 0.3) is 0 Å². The lowest BCUT2D eigenvalue weighted by Crippen LogP contribution is -2.40. The molecule has 1 aliphatic heterocycles. The number of furan rings is 1. The number of ether oxygens (including phenoxy) is 3. The van der Waals surface area contributed by atoms with Crippen molar-refractivity contribution in [2.24, 2.45) is 0 Å². The van der Waals surface area contributed by atoms with Gasteiger partial charge < -0.3 is 18.6 Å². The van der Waals surface area contributed by atoms with Crippen molar-refractivity contribution in [3.8, 4) is 5.75 Å². The van der Waals surface area contributed by atoms with Crippen LogP contribution < -0.4 is 4.74 Å². The van der Waals surface area contributed by atoms with Gasteiger partial charge in [0.05, 0.1) is 24.4 Å². The van der Waals surface area contributed by atoms with Gasteiger partial charge in [0.2, 0.25) is 15.8 Å². The van der Waals surface area contributed by atoms with Crippen molar-refractivity contribution < 1.29 is 31.8 Å². The molecule has 1 saturated heterocycles. The Morgan fingerprint density at radius 1 is 1.08 bits per heavy atom. The van der Waals surface area contributed by atoms with E-state index in [-0.39, 0.29) is 23.9 Å². The van der Waals surface area contributed by atoms with Crippen molar-refractivity contribution in [2.45, 2.75) is 4.90 Å². The molecule has 0 unspecified atom stereocenters. The summed E-state index contributed by atoms with van der Waals surface area (Å²) in [6, 6.07) is 9.24. The summed E-state index contributed by atoms with van der Waals surface area (Å²) in [6.45, 7) is 1.69. The Labute approximate surface area is 151 Å². The van der Waals surface area contributed by atoms with E-state index in [9.17, 15) is 13.2 Å². The van der Waals surface area contributed by atoms with Crippen LogP contribution in [-0.4, -0.2) is 58.2 Å². The van der Waals surface area contributed by atoms with Crippen LogP contribution in [0.15, 0.2) is 52.0 Å². The normalized spacial score (nSPS) is 15.5. The van der Waals surface area contributed by atoms with Gasteiger partial charge >= 0.3 is 5.97 Å². The molecule has 9 heteroatoms. The number of esters is 1. The van der Waals surface area contributed by atoms with E-state index in [0.29, 0.717) is 32.1 Å². The van der Waals surface area contributed by atoms with Gasteiger partial charge in [0.1, 0.15) is 19.0 Å². The first kappa shape index (κ1) is 18.4. The number of nitrogens with zero attached hydrogens (tertiary/aromatic N) is 1. The zero-order chi connectivity index (χ0) is 18.4. The van der Waals surface area contributed by atoms with E-state index in [4.69, 9.17) is 18.6 Å². The number of hydrogen-bond acceptors (Lipinski definition) is 7. The molecule has 3 rings (SSSR count). The Balaban J connectivity index is 1.49. The van der Waals surface area contributed by atoms with Gasteiger partial charge in [0, 0.05) is 13.1 Å². The van der Waals surface area contributed by atoms with Gasteiger partial charge in [-0.15, -0.1) is 0 Å². The van der Waals surface area contributed by atoms with Crippen molar-refractivity contribution in [1.82, 2.24) is 4.31 Å². The Kier molecular flexibility index (Phi) is 5.92. The van der Waals surface area contributed by atoms with Crippen LogP contribution >= 0.6 is 0 Å². The van der Waals surface area contributed by atoms with Crippen LogP contribution in [0, 0.1) is 0 Å². The summed E-state index contributed by atoms with van der Waals surface area (Å²) in [5, 5.41) is 0. The van der Waals surface area contributed by atoms with E-state index in [0.717, 1.165) is 0 Å². The van der Waals surface area contributed by atoms with E-state index in [1.54, 1.807) is 18.2 Å². The molecule has 0 radical (unpaired) electrons. The number of hydrogen-bond donors (Lipinski definition) is 0. The lowest BCUT2D eigenvalue weighted by Gasteiger charge is -2.26. The maximum atomic E-state index is 12.5. The van der Waals surface area contributed by atoms with Crippen LogP contribution in [0.4, 0.5) is 0 Å². The highest BCUT2D eigenvalue weighted by Gasteiger charge is 2.26. The van der Waals surface area contributed by atoms with E-state index >= 15 is 0 Å². The fourth-order valence-corrected chi connectivity index (χ4v) is 3.81. The molecular weight excluding hydrogens is 362 g/mol. The van der Waals surface area contributed by atoms with E-state index in [1.165, 1.54) is 28.8 Å². The summed E-state index contributed by atoms with van der Waals surface area (Å²) < 4.78 is 47.0. The Hall–Kier alpha value is -2.36. The van der Waals surface area contributed by atoms with Gasteiger partial charge in [-0.2, -0.15) is 4.31 Å². The lowest BCUT2D eigenvalue weighted by atomic mass is 10.3. The van der Waals surface area contributed by atoms with Crippen LogP contribution in [0.3, 0.4) is 0 Å². The van der Waals surface area contributed by atoms with Crippen LogP contribution in [0.25, 0.3) is 0 Å². The zero-order valence-corrected chi connectivity index (χ0v) is 14.8. The molecule has 2 heterocycles. The molecule has 1 aromatic carbocycles. The molecule has 0 spiro atoms. The second kappa shape index (κ2) is 8.35. The maximum absolute atomic E-state index is 12.5. The summed E-state index contributed by atoms with van der Waals surface area (Å²) in [4.78, 5) is 11.8. The molecule has 1 aliphatic rings. The first-order valence-corrected chi connectivity index (χ1v) is 9.53. The summed E-state index contributed by atoms with van der Waals surface area (Å²) in [6.07, 6.45) is 1.39. The lowest BCUT2D eigenvalue weighted by molar-refractivity contribution is 0.0415. The smallest absolute Gasteiger partial charge is 0.374 e. The average molecular weight is 381 g/mol. The van der Waals surface area contributed by atoms with Crippen molar-refractivity contribution >= 4 is 16.0 Å². The molecule has 2 aromatic rings. The van der Waals surface area contributed by atoms with Crippen molar-refractivity contribution in [3.63, 3.8) is 0 Å². The Morgan fingerprint density at radius 2 is 1.81 bits per heavy atom. The molecule has 0 atom stereocenters. The summed E-state index contributed by atoms with van der Waals surface area (Å²) in [5.41, 5.74) is 0. The Morgan fingerprint density at radius 3 is 2.46 bits per heavy atom. The van der Waals surface area contributed by atoms with Gasteiger partial charge in [-0.05, 0) is 36.4 Å². The van der Waals surface area contributed by atoms with Crippen molar-refractivity contribution in [2.75, 3.05) is 39.5 Å². The molecule has 26 heavy (non-hydrogen) atoms. The minimum Gasteiger partial charge on any atom is -0.490 e. The summed E-state index contributed by atoms with van der Waals surface area (Å²) in [5.74, 6) is 0.0493. The molecule has 1 fully saturated rings. The number of benzene rings is 1. The van der Waals surface area contributed by atoms with Crippen molar-refractivity contribution in [3.05, 3.63) is 48.4 Å². The third-order valence-electron chi connectivity index (χ3n) is 3.74. The number of morpholine rings is 1. The Bertz CT molecular complexity index is 809. The fourth-order valence-electron chi connectivity index (χ4n) is 2.40. The molecule has 1 aromatic heterocycles. The third-order valence-corrected chi connectivity index (χ3v) is 5.65. The number of sulfonamides is 1. The first-order chi connectivity index (χ1) is 12.6. The highest BCUT2D eigenvalue weighted by molar-refractivity contribution is 7.89. The largest absolute Gasteiger partial charge is 0.490 e. The quantitative estimate of drug-likeness (QED) is 0.530. The summed E-state index contributed by atoms with van der Waals surface area (Å²) >= 11 is 0. The monoisotopic (exact) mass is 381 g/mol. The third kappa shape index (κ3) is 4.43. The van der Waals surface area contributed by atoms with Crippen molar-refractivity contribution in [1.29, 1.82) is 0 Å². The first-order valence-electron chi connectivity index (χ1n) is 8.09. The maximum Gasteiger partial charge on any atom is 0.374 e. The molecule has 0 N–H and O–H groups in total. The molecule has 0 amide bonds. The van der Waals surface area contributed by atoms with Gasteiger partial charge in [-0.25, -0.2) is 13.2 Å². The molecule has 8 nitrogen and oxygen atoms in total. The SMILES string of the molecule is O=C(OCCOc1ccc(S(=O)(=O)N2CCOCC2)cc1)c1ccco1. The highest BCUT2D eigenvalue weighted by atomic mass is 32.2. The van der Waals surface area contributed by atoms with Gasteiger partial charge in [0.15, 0.2) is 0 Å². The molecular formula is C17H19NO7S. The minimum atomic E-state index is -3.52. The fraction of sp³-hybridized carbons (Fsp3) is 0.353. The van der Waals surface area contributed by atoms with Gasteiger partial charge in [-0.1, -0.05) is 0 Å². The van der Waals surface area contributed by atoms with Crippen LogP contribution in [-0.2, 0) is 19.5 Å².